The third-order valence-electron chi connectivity index (χ3n) is 6.28. The summed E-state index contributed by atoms with van der Waals surface area (Å²) >= 11 is 12.3. The number of carbonyl (C=O) groups is 2. The lowest BCUT2D eigenvalue weighted by Gasteiger charge is -2.33. The predicted octanol–water partition coefficient (Wildman–Crippen LogP) is 4.45. The Balaban J connectivity index is 2.13. The quantitative estimate of drug-likeness (QED) is 0.216. The van der Waals surface area contributed by atoms with Crippen LogP contribution in [0.4, 0.5) is 11.4 Å². The van der Waals surface area contributed by atoms with Crippen LogP contribution in [0.5, 0.6) is 5.75 Å². The molecule has 0 radical (unpaired) electrons. The average Bonchev–Trinajstić information content (AvgIpc) is 2.95. The van der Waals surface area contributed by atoms with E-state index in [4.69, 9.17) is 27.9 Å². The molecule has 0 bridgehead atoms. The van der Waals surface area contributed by atoms with E-state index in [9.17, 15) is 28.1 Å². The number of halogens is 2. The molecule has 0 saturated heterocycles. The van der Waals surface area contributed by atoms with E-state index in [2.05, 4.69) is 5.32 Å². The monoisotopic (exact) mass is 636 g/mol. The van der Waals surface area contributed by atoms with Gasteiger partial charge < -0.3 is 15.0 Å². The summed E-state index contributed by atoms with van der Waals surface area (Å²) in [5.74, 6) is -1.19. The molecule has 0 aliphatic rings. The zero-order chi connectivity index (χ0) is 31.0. The summed E-state index contributed by atoms with van der Waals surface area (Å²) in [6.45, 7) is 1.14. The predicted molar refractivity (Wildman–Crippen MR) is 161 cm³/mol. The van der Waals surface area contributed by atoms with Gasteiger partial charge in [-0.25, -0.2) is 8.42 Å². The molecule has 42 heavy (non-hydrogen) atoms. The summed E-state index contributed by atoms with van der Waals surface area (Å²) in [6.07, 6.45) is 0.992. The molecule has 0 spiro atoms. The van der Waals surface area contributed by atoms with Gasteiger partial charge in [0.1, 0.15) is 24.0 Å². The molecule has 0 fully saturated rings. The number of ether oxygens (including phenoxy) is 1. The molecule has 11 nitrogen and oxygen atoms in total. The molecule has 1 atom stereocenters. The Morgan fingerprint density at radius 1 is 1.02 bits per heavy atom. The molecule has 2 amide bonds. The second-order valence-electron chi connectivity index (χ2n) is 9.25. The first-order valence-electron chi connectivity index (χ1n) is 12.7. The molecule has 0 aliphatic carbocycles. The van der Waals surface area contributed by atoms with E-state index in [1.807, 2.05) is 18.2 Å². The lowest BCUT2D eigenvalue weighted by Crippen LogP contribution is -2.53. The number of nitro benzene ring substituents is 1. The summed E-state index contributed by atoms with van der Waals surface area (Å²) in [7, 11) is -2.91. The molecule has 0 aliphatic heterocycles. The molecule has 0 aromatic heterocycles. The molecule has 224 valence electrons. The van der Waals surface area contributed by atoms with Gasteiger partial charge in [0, 0.05) is 31.6 Å². The van der Waals surface area contributed by atoms with Gasteiger partial charge in [0.15, 0.2) is 0 Å². The number of benzene rings is 3. The summed E-state index contributed by atoms with van der Waals surface area (Å²) in [6, 6.07) is 16.2. The fourth-order valence-corrected chi connectivity index (χ4v) is 5.43. The lowest BCUT2D eigenvalue weighted by molar-refractivity contribution is -0.384. The Morgan fingerprint density at radius 2 is 1.71 bits per heavy atom. The number of methoxy groups -OCH3 is 1. The van der Waals surface area contributed by atoms with Gasteiger partial charge in [-0.3, -0.25) is 24.0 Å². The summed E-state index contributed by atoms with van der Waals surface area (Å²) < 4.78 is 32.0. The van der Waals surface area contributed by atoms with Crippen molar-refractivity contribution in [2.24, 2.45) is 0 Å². The number of hydrogen-bond donors (Lipinski definition) is 1. The zero-order valence-electron chi connectivity index (χ0n) is 23.1. The smallest absolute Gasteiger partial charge is 0.271 e. The minimum Gasteiger partial charge on any atom is -0.495 e. The second kappa shape index (κ2) is 14.3. The summed E-state index contributed by atoms with van der Waals surface area (Å²) in [5, 5.41) is 14.8. The van der Waals surface area contributed by atoms with Crippen molar-refractivity contribution in [3.8, 4) is 5.75 Å². The maximum absolute atomic E-state index is 14.1. The second-order valence-corrected chi connectivity index (χ2v) is 12.0. The maximum Gasteiger partial charge on any atom is 0.271 e. The van der Waals surface area contributed by atoms with E-state index in [1.54, 1.807) is 37.3 Å². The first kappa shape index (κ1) is 32.6. The van der Waals surface area contributed by atoms with E-state index in [-0.39, 0.29) is 29.4 Å². The molecule has 0 heterocycles. The molecule has 3 aromatic rings. The third kappa shape index (κ3) is 8.34. The number of anilines is 1. The molecule has 3 rings (SSSR count). The van der Waals surface area contributed by atoms with Crippen molar-refractivity contribution in [3.63, 3.8) is 0 Å². The number of rotatable bonds is 13. The molecule has 0 unspecified atom stereocenters. The van der Waals surface area contributed by atoms with Crippen LogP contribution in [0.1, 0.15) is 18.1 Å². The van der Waals surface area contributed by atoms with Crippen LogP contribution >= 0.6 is 23.2 Å². The van der Waals surface area contributed by atoms with E-state index in [1.165, 1.54) is 18.1 Å². The van der Waals surface area contributed by atoms with Gasteiger partial charge in [-0.2, -0.15) is 0 Å². The average molecular weight is 638 g/mol. The van der Waals surface area contributed by atoms with Gasteiger partial charge in [-0.05, 0) is 36.2 Å². The van der Waals surface area contributed by atoms with Gasteiger partial charge >= 0.3 is 0 Å². The SMILES string of the molecule is CCNC(=O)[C@H](Cc1ccccc1)N(Cc1ccc(Cl)c(Cl)c1)C(=O)CN(c1cc([N+](=O)[O-])ccc1OC)S(C)(=O)=O. The van der Waals surface area contributed by atoms with Crippen molar-refractivity contribution in [2.75, 3.05) is 30.8 Å². The normalized spacial score (nSPS) is 11.8. The van der Waals surface area contributed by atoms with Gasteiger partial charge in [0.25, 0.3) is 5.69 Å². The standard InChI is InChI=1S/C28H30Cl2N4O7S/c1-4-31-28(36)25(15-19-8-6-5-7-9-19)32(17-20-10-12-22(29)23(30)14-20)27(35)18-33(42(3,39)40)24-16-21(34(37)38)11-13-26(24)41-2/h5-14,16,25H,4,15,17-18H2,1-3H3,(H,31,36)/t25-/m0/s1. The van der Waals surface area contributed by atoms with E-state index >= 15 is 0 Å². The molecule has 3 aromatic carbocycles. The van der Waals surface area contributed by atoms with Crippen LogP contribution in [0.3, 0.4) is 0 Å². The van der Waals surface area contributed by atoms with Crippen LogP contribution in [-0.4, -0.2) is 62.6 Å². The van der Waals surface area contributed by atoms with Crippen molar-refractivity contribution in [3.05, 3.63) is 98.0 Å². The molecular formula is C28H30Cl2N4O7S. The number of likely N-dealkylation sites (N-methyl/N-ethyl adjacent to an activating group) is 1. The summed E-state index contributed by atoms with van der Waals surface area (Å²) in [5.41, 5.74) is 0.707. The fraction of sp³-hybridized carbons (Fsp3) is 0.286. The van der Waals surface area contributed by atoms with Crippen molar-refractivity contribution in [2.45, 2.75) is 25.9 Å². The molecule has 1 N–H and O–H groups in total. The number of nitro groups is 1. The van der Waals surface area contributed by atoms with Crippen LogP contribution in [0.25, 0.3) is 0 Å². The number of hydrogen-bond acceptors (Lipinski definition) is 7. The van der Waals surface area contributed by atoms with Crippen molar-refractivity contribution >= 4 is 56.4 Å². The van der Waals surface area contributed by atoms with Crippen molar-refractivity contribution in [1.29, 1.82) is 0 Å². The number of non-ortho nitro benzene ring substituents is 1. The highest BCUT2D eigenvalue weighted by Gasteiger charge is 2.34. The Hall–Kier alpha value is -3.87. The fourth-order valence-electron chi connectivity index (χ4n) is 4.26. The van der Waals surface area contributed by atoms with Crippen LogP contribution in [-0.2, 0) is 32.6 Å². The van der Waals surface area contributed by atoms with Gasteiger partial charge in [-0.15, -0.1) is 0 Å². The first-order valence-corrected chi connectivity index (χ1v) is 15.3. The zero-order valence-corrected chi connectivity index (χ0v) is 25.4. The van der Waals surface area contributed by atoms with E-state index in [0.29, 0.717) is 17.1 Å². The molecular weight excluding hydrogens is 607 g/mol. The minimum absolute atomic E-state index is 0.000537. The summed E-state index contributed by atoms with van der Waals surface area (Å²) in [4.78, 5) is 39.5. The Labute approximate surface area is 254 Å². The van der Waals surface area contributed by atoms with Gasteiger partial charge in [-0.1, -0.05) is 59.6 Å². The Kier molecular flexibility index (Phi) is 11.1. The lowest BCUT2D eigenvalue weighted by atomic mass is 10.0. The highest BCUT2D eigenvalue weighted by Crippen LogP contribution is 2.34. The molecule has 0 saturated carbocycles. The minimum atomic E-state index is -4.18. The van der Waals surface area contributed by atoms with Crippen LogP contribution in [0, 0.1) is 10.1 Å². The Bertz CT molecular complexity index is 1560. The van der Waals surface area contributed by atoms with Crippen LogP contribution in [0.15, 0.2) is 66.7 Å². The number of nitrogens with one attached hydrogen (secondary N) is 1. The highest BCUT2D eigenvalue weighted by atomic mass is 35.5. The largest absolute Gasteiger partial charge is 0.495 e. The van der Waals surface area contributed by atoms with Crippen LogP contribution in [0.2, 0.25) is 10.0 Å². The Morgan fingerprint density at radius 3 is 2.29 bits per heavy atom. The van der Waals surface area contributed by atoms with Gasteiger partial charge in [0.05, 0.1) is 28.3 Å². The topological polar surface area (TPSA) is 139 Å². The maximum atomic E-state index is 14.1. The number of amides is 2. The van der Waals surface area contributed by atoms with Crippen molar-refractivity contribution in [1.82, 2.24) is 10.2 Å². The highest BCUT2D eigenvalue weighted by molar-refractivity contribution is 7.92. The van der Waals surface area contributed by atoms with E-state index in [0.717, 1.165) is 28.3 Å². The first-order chi connectivity index (χ1) is 19.8. The van der Waals surface area contributed by atoms with E-state index < -0.39 is 45.0 Å². The molecule has 14 heteroatoms. The number of sulfonamides is 1. The van der Waals surface area contributed by atoms with Crippen LogP contribution < -0.4 is 14.4 Å². The van der Waals surface area contributed by atoms with Gasteiger partial charge in [0.2, 0.25) is 21.8 Å². The van der Waals surface area contributed by atoms with Crippen molar-refractivity contribution < 1.29 is 27.7 Å². The number of nitrogens with zero attached hydrogens (tertiary/aromatic N) is 3. The number of carbonyl (C=O) groups excluding carboxylic acids is 2. The third-order valence-corrected chi connectivity index (χ3v) is 8.15.